The molecule has 0 saturated carbocycles. The molecule has 29 heavy (non-hydrogen) atoms. The Bertz CT molecular complexity index is 824. The first-order chi connectivity index (χ1) is 13.7. The fourth-order valence-electron chi connectivity index (χ4n) is 2.79. The summed E-state index contributed by atoms with van der Waals surface area (Å²) < 4.78 is 5.51. The molecule has 0 radical (unpaired) electrons. The van der Waals surface area contributed by atoms with Gasteiger partial charge in [-0.1, -0.05) is 57.2 Å². The van der Waals surface area contributed by atoms with Crippen LogP contribution in [0.25, 0.3) is 0 Å². The third kappa shape index (κ3) is 7.59. The van der Waals surface area contributed by atoms with Gasteiger partial charge >= 0.3 is 0 Å². The highest BCUT2D eigenvalue weighted by Crippen LogP contribution is 2.23. The number of carbonyl (C=O) groups is 1. The maximum Gasteiger partial charge on any atom is 0.193 e. The first-order valence-corrected chi connectivity index (χ1v) is 10.5. The van der Waals surface area contributed by atoms with Crippen molar-refractivity contribution >= 4 is 28.8 Å². The van der Waals surface area contributed by atoms with E-state index in [0.29, 0.717) is 22.8 Å². The predicted octanol–water partition coefficient (Wildman–Crippen LogP) is 5.32. The van der Waals surface area contributed by atoms with Gasteiger partial charge in [0.25, 0.3) is 0 Å². The molecular weight excluding hydrogens is 380 g/mol. The number of anilines is 1. The zero-order valence-corrected chi connectivity index (χ0v) is 18.9. The van der Waals surface area contributed by atoms with Gasteiger partial charge in [0.15, 0.2) is 10.9 Å². The topological polar surface area (TPSA) is 50.4 Å². The molecule has 2 aromatic carbocycles. The summed E-state index contributed by atoms with van der Waals surface area (Å²) in [5, 5.41) is 6.84. The van der Waals surface area contributed by atoms with Gasteiger partial charge in [-0.3, -0.25) is 4.79 Å². The maximum atomic E-state index is 12.9. The van der Waals surface area contributed by atoms with Gasteiger partial charge in [-0.15, -0.1) is 0 Å². The van der Waals surface area contributed by atoms with E-state index >= 15 is 0 Å². The number of thiocarbonyl (C=S) groups is 1. The van der Waals surface area contributed by atoms with Gasteiger partial charge in [0, 0.05) is 30.0 Å². The molecule has 0 saturated heterocycles. The highest BCUT2D eigenvalue weighted by Gasteiger charge is 2.15. The lowest BCUT2D eigenvalue weighted by Crippen LogP contribution is -2.30. The molecule has 0 unspecified atom stereocenters. The minimum atomic E-state index is -0.00109. The number of carbonyl (C=O) groups excluding carboxylic acids is 1. The van der Waals surface area contributed by atoms with Gasteiger partial charge < -0.3 is 15.4 Å². The molecule has 2 aromatic rings. The SMILES string of the molecule is CC(C)OCCCNC(=S)Nc1cccc(C(=O)c2ccc(C(C)(C)C)cc2)c1. The van der Waals surface area contributed by atoms with Crippen molar-refractivity contribution in [2.45, 2.75) is 52.6 Å². The molecule has 0 fully saturated rings. The highest BCUT2D eigenvalue weighted by atomic mass is 32.1. The molecule has 0 amide bonds. The summed E-state index contributed by atoms with van der Waals surface area (Å²) in [6.45, 7) is 12.0. The van der Waals surface area contributed by atoms with Gasteiger partial charge in [0.05, 0.1) is 6.10 Å². The minimum absolute atomic E-state index is 0.00109. The molecule has 0 aliphatic rings. The second kappa shape index (κ2) is 10.5. The summed E-state index contributed by atoms with van der Waals surface area (Å²) >= 11 is 5.34. The molecule has 0 bridgehead atoms. The molecular formula is C24H32N2O2S. The van der Waals surface area contributed by atoms with Crippen molar-refractivity contribution in [2.24, 2.45) is 0 Å². The largest absolute Gasteiger partial charge is 0.379 e. The Morgan fingerprint density at radius 2 is 1.76 bits per heavy atom. The lowest BCUT2D eigenvalue weighted by atomic mass is 9.86. The Morgan fingerprint density at radius 1 is 1.07 bits per heavy atom. The lowest BCUT2D eigenvalue weighted by molar-refractivity contribution is 0.0777. The summed E-state index contributed by atoms with van der Waals surface area (Å²) in [4.78, 5) is 12.9. The van der Waals surface area contributed by atoms with Crippen LogP contribution >= 0.6 is 12.2 Å². The standard InChI is InChI=1S/C24H32N2O2S/c1-17(2)28-15-7-14-25-23(29)26-21-9-6-8-19(16-21)22(27)18-10-12-20(13-11-18)24(3,4)5/h6,8-13,16-17H,7,14-15H2,1-5H3,(H2,25,26,29). The second-order valence-electron chi connectivity index (χ2n) is 8.39. The molecule has 2 rings (SSSR count). The van der Waals surface area contributed by atoms with Crippen molar-refractivity contribution in [1.82, 2.24) is 5.32 Å². The van der Waals surface area contributed by atoms with Crippen LogP contribution in [0, 0.1) is 0 Å². The summed E-state index contributed by atoms with van der Waals surface area (Å²) in [7, 11) is 0. The van der Waals surface area contributed by atoms with Gasteiger partial charge in [-0.05, 0) is 55.6 Å². The number of ether oxygens (including phenoxy) is 1. The molecule has 4 nitrogen and oxygen atoms in total. The van der Waals surface area contributed by atoms with E-state index in [1.54, 1.807) is 0 Å². The molecule has 2 N–H and O–H groups in total. The molecule has 0 aliphatic carbocycles. The quantitative estimate of drug-likeness (QED) is 0.349. The van der Waals surface area contributed by atoms with E-state index in [9.17, 15) is 4.79 Å². The molecule has 5 heteroatoms. The van der Waals surface area contributed by atoms with Crippen molar-refractivity contribution < 1.29 is 9.53 Å². The van der Waals surface area contributed by atoms with Gasteiger partial charge in [-0.25, -0.2) is 0 Å². The Kier molecular flexibility index (Phi) is 8.35. The van der Waals surface area contributed by atoms with Crippen molar-refractivity contribution in [3.63, 3.8) is 0 Å². The Hall–Kier alpha value is -2.24. The zero-order chi connectivity index (χ0) is 21.4. The van der Waals surface area contributed by atoms with Crippen LogP contribution in [-0.2, 0) is 10.2 Å². The van der Waals surface area contributed by atoms with Crippen molar-refractivity contribution in [3.8, 4) is 0 Å². The van der Waals surface area contributed by atoms with Crippen molar-refractivity contribution in [1.29, 1.82) is 0 Å². The first-order valence-electron chi connectivity index (χ1n) is 10.1. The van der Waals surface area contributed by atoms with Crippen LogP contribution in [0.2, 0.25) is 0 Å². The van der Waals surface area contributed by atoms with Crippen LogP contribution in [0.1, 0.15) is 62.5 Å². The van der Waals surface area contributed by atoms with Crippen LogP contribution in [0.15, 0.2) is 48.5 Å². The van der Waals surface area contributed by atoms with E-state index in [1.165, 1.54) is 5.56 Å². The summed E-state index contributed by atoms with van der Waals surface area (Å²) in [6.07, 6.45) is 1.12. The van der Waals surface area contributed by atoms with E-state index in [1.807, 2.05) is 62.4 Å². The van der Waals surface area contributed by atoms with E-state index in [-0.39, 0.29) is 17.3 Å². The van der Waals surface area contributed by atoms with E-state index in [2.05, 4.69) is 31.4 Å². The number of hydrogen-bond donors (Lipinski definition) is 2. The van der Waals surface area contributed by atoms with Crippen LogP contribution < -0.4 is 10.6 Å². The van der Waals surface area contributed by atoms with Crippen LogP contribution in [-0.4, -0.2) is 30.2 Å². The lowest BCUT2D eigenvalue weighted by Gasteiger charge is -2.19. The van der Waals surface area contributed by atoms with Gasteiger partial charge in [0.2, 0.25) is 0 Å². The van der Waals surface area contributed by atoms with Crippen LogP contribution in [0.5, 0.6) is 0 Å². The second-order valence-corrected chi connectivity index (χ2v) is 8.80. The zero-order valence-electron chi connectivity index (χ0n) is 18.0. The first kappa shape index (κ1) is 23.0. The smallest absolute Gasteiger partial charge is 0.193 e. The van der Waals surface area contributed by atoms with Gasteiger partial charge in [-0.2, -0.15) is 0 Å². The van der Waals surface area contributed by atoms with Crippen molar-refractivity contribution in [2.75, 3.05) is 18.5 Å². The van der Waals surface area contributed by atoms with Gasteiger partial charge in [0.1, 0.15) is 0 Å². The molecule has 0 aliphatic heterocycles. The number of nitrogens with one attached hydrogen (secondary N) is 2. The fourth-order valence-corrected chi connectivity index (χ4v) is 3.01. The molecule has 0 spiro atoms. The predicted molar refractivity (Wildman–Crippen MR) is 125 cm³/mol. The Balaban J connectivity index is 1.94. The Morgan fingerprint density at radius 3 is 2.38 bits per heavy atom. The maximum absolute atomic E-state index is 12.9. The number of hydrogen-bond acceptors (Lipinski definition) is 3. The molecule has 0 heterocycles. The van der Waals surface area contributed by atoms with E-state index in [0.717, 1.165) is 18.7 Å². The third-order valence-corrected chi connectivity index (χ3v) is 4.70. The average Bonchev–Trinajstić information content (AvgIpc) is 2.66. The van der Waals surface area contributed by atoms with Crippen molar-refractivity contribution in [3.05, 3.63) is 65.2 Å². The number of rotatable bonds is 8. The number of benzene rings is 2. The average molecular weight is 413 g/mol. The summed E-state index contributed by atoms with van der Waals surface area (Å²) in [6, 6.07) is 15.3. The highest BCUT2D eigenvalue weighted by molar-refractivity contribution is 7.80. The van der Waals surface area contributed by atoms with Crippen LogP contribution in [0.3, 0.4) is 0 Å². The third-order valence-electron chi connectivity index (χ3n) is 4.45. The van der Waals surface area contributed by atoms with E-state index in [4.69, 9.17) is 17.0 Å². The van der Waals surface area contributed by atoms with E-state index < -0.39 is 0 Å². The number of ketones is 1. The fraction of sp³-hybridized carbons (Fsp3) is 0.417. The van der Waals surface area contributed by atoms with Crippen LogP contribution in [0.4, 0.5) is 5.69 Å². The summed E-state index contributed by atoms with van der Waals surface area (Å²) in [5.74, 6) is -0.00109. The monoisotopic (exact) mass is 412 g/mol. The summed E-state index contributed by atoms with van der Waals surface area (Å²) in [5.41, 5.74) is 3.38. The normalized spacial score (nSPS) is 11.4. The Labute approximate surface area is 180 Å². The minimum Gasteiger partial charge on any atom is -0.379 e. The molecule has 156 valence electrons. The molecule has 0 aromatic heterocycles. The molecule has 0 atom stereocenters.